The molecule has 0 aromatic heterocycles. The molecule has 4 heteroatoms. The lowest BCUT2D eigenvalue weighted by molar-refractivity contribution is 1.66. The molecule has 0 saturated heterocycles. The van der Waals surface area contributed by atoms with Gasteiger partial charge in [0.15, 0.2) is 0 Å². The Bertz CT molecular complexity index is 542. The van der Waals surface area contributed by atoms with Gasteiger partial charge in [0.2, 0.25) is 0 Å². The SMILES string of the molecule is C1=CSC(=C2SC=C(C=Cc3ccccc3)S2)S1. The van der Waals surface area contributed by atoms with Gasteiger partial charge in [0.25, 0.3) is 0 Å². The predicted octanol–water partition coefficient (Wildman–Crippen LogP) is 6.10. The van der Waals surface area contributed by atoms with Crippen LogP contribution in [0.3, 0.4) is 0 Å². The van der Waals surface area contributed by atoms with Gasteiger partial charge in [-0.15, -0.1) is 0 Å². The average molecular weight is 307 g/mol. The first kappa shape index (κ1) is 12.6. The summed E-state index contributed by atoms with van der Waals surface area (Å²) in [6.07, 6.45) is 4.36. The average Bonchev–Trinajstić information content (AvgIpc) is 3.08. The Morgan fingerprint density at radius 3 is 2.33 bits per heavy atom. The van der Waals surface area contributed by atoms with Gasteiger partial charge in [-0.2, -0.15) is 0 Å². The second kappa shape index (κ2) is 6.15. The first-order chi connectivity index (χ1) is 8.92. The number of allylic oxidation sites excluding steroid dienone is 1. The van der Waals surface area contributed by atoms with Gasteiger partial charge < -0.3 is 0 Å². The molecule has 2 heterocycles. The summed E-state index contributed by atoms with van der Waals surface area (Å²) in [5.41, 5.74) is 1.25. The van der Waals surface area contributed by atoms with Crippen molar-refractivity contribution in [1.29, 1.82) is 0 Å². The maximum atomic E-state index is 2.23. The molecule has 1 aromatic carbocycles. The van der Waals surface area contributed by atoms with E-state index in [2.05, 4.69) is 52.6 Å². The van der Waals surface area contributed by atoms with Crippen molar-refractivity contribution in [2.45, 2.75) is 0 Å². The van der Waals surface area contributed by atoms with Crippen molar-refractivity contribution >= 4 is 53.1 Å². The van der Waals surface area contributed by atoms with E-state index in [1.165, 1.54) is 18.9 Å². The first-order valence-electron chi connectivity index (χ1n) is 5.42. The monoisotopic (exact) mass is 306 g/mol. The Labute approximate surface area is 124 Å². The maximum absolute atomic E-state index is 2.23. The minimum absolute atomic E-state index is 1.25. The van der Waals surface area contributed by atoms with Crippen LogP contribution in [-0.4, -0.2) is 0 Å². The highest BCUT2D eigenvalue weighted by Gasteiger charge is 2.16. The lowest BCUT2D eigenvalue weighted by atomic mass is 10.2. The molecule has 0 nitrogen and oxygen atoms in total. The van der Waals surface area contributed by atoms with Crippen molar-refractivity contribution in [3.05, 3.63) is 71.6 Å². The molecule has 0 radical (unpaired) electrons. The molecular formula is C14H10S4. The van der Waals surface area contributed by atoms with E-state index in [0.717, 1.165) is 0 Å². The Hall–Kier alpha value is -0.420. The molecule has 3 rings (SSSR count). The van der Waals surface area contributed by atoms with Crippen LogP contribution in [0.5, 0.6) is 0 Å². The molecule has 0 spiro atoms. The fraction of sp³-hybridized carbons (Fsp3) is 0. The van der Waals surface area contributed by atoms with Crippen LogP contribution in [0.25, 0.3) is 6.08 Å². The van der Waals surface area contributed by atoms with Gasteiger partial charge in [-0.1, -0.05) is 83.5 Å². The number of hydrogen-bond acceptors (Lipinski definition) is 4. The normalized spacial score (nSPS) is 19.0. The third-order valence-electron chi connectivity index (χ3n) is 2.30. The van der Waals surface area contributed by atoms with Crippen LogP contribution < -0.4 is 0 Å². The van der Waals surface area contributed by atoms with Crippen molar-refractivity contribution in [2.75, 3.05) is 0 Å². The topological polar surface area (TPSA) is 0 Å². The van der Waals surface area contributed by atoms with E-state index in [1.807, 2.05) is 53.1 Å². The van der Waals surface area contributed by atoms with Crippen LogP contribution in [0.4, 0.5) is 0 Å². The molecule has 18 heavy (non-hydrogen) atoms. The van der Waals surface area contributed by atoms with Crippen molar-refractivity contribution in [3.8, 4) is 0 Å². The van der Waals surface area contributed by atoms with Gasteiger partial charge >= 0.3 is 0 Å². The third kappa shape index (κ3) is 3.12. The zero-order valence-corrected chi connectivity index (χ0v) is 12.7. The number of benzene rings is 1. The van der Waals surface area contributed by atoms with Crippen molar-refractivity contribution < 1.29 is 0 Å². The molecule has 0 N–H and O–H groups in total. The smallest absolute Gasteiger partial charge is 0.0700 e. The van der Waals surface area contributed by atoms with E-state index >= 15 is 0 Å². The zero-order valence-electron chi connectivity index (χ0n) is 9.41. The summed E-state index contributed by atoms with van der Waals surface area (Å²) in [5.74, 6) is 0. The van der Waals surface area contributed by atoms with Crippen LogP contribution in [0, 0.1) is 0 Å². The van der Waals surface area contributed by atoms with Crippen LogP contribution in [0.15, 0.2) is 66.0 Å². The zero-order chi connectivity index (χ0) is 12.2. The predicted molar refractivity (Wildman–Crippen MR) is 90.1 cm³/mol. The molecule has 0 aliphatic carbocycles. The minimum atomic E-state index is 1.25. The molecular weight excluding hydrogens is 296 g/mol. The van der Waals surface area contributed by atoms with E-state index in [1.54, 1.807) is 0 Å². The molecule has 0 atom stereocenters. The lowest BCUT2D eigenvalue weighted by Gasteiger charge is -1.99. The standard InChI is InChI=1S/C14H10S4/c1-2-4-11(5-3-1)6-7-12-10-17-14(18-12)13-15-8-9-16-13/h1-10H. The minimum Gasteiger partial charge on any atom is -0.0884 e. The van der Waals surface area contributed by atoms with Gasteiger partial charge in [0, 0.05) is 4.91 Å². The highest BCUT2D eigenvalue weighted by atomic mass is 32.2. The van der Waals surface area contributed by atoms with Crippen molar-refractivity contribution in [3.63, 3.8) is 0 Å². The molecule has 0 unspecified atom stereocenters. The molecule has 2 aliphatic heterocycles. The summed E-state index contributed by atoms with van der Waals surface area (Å²) < 4.78 is 2.81. The van der Waals surface area contributed by atoms with Crippen LogP contribution in [-0.2, 0) is 0 Å². The Balaban J connectivity index is 1.66. The number of rotatable bonds is 2. The number of thioether (sulfide) groups is 4. The lowest BCUT2D eigenvalue weighted by Crippen LogP contribution is -1.69. The highest BCUT2D eigenvalue weighted by Crippen LogP contribution is 2.53. The van der Waals surface area contributed by atoms with Crippen LogP contribution >= 0.6 is 47.0 Å². The summed E-state index contributed by atoms with van der Waals surface area (Å²) >= 11 is 7.33. The fourth-order valence-corrected chi connectivity index (χ4v) is 5.82. The van der Waals surface area contributed by atoms with Crippen LogP contribution in [0.2, 0.25) is 0 Å². The molecule has 0 fully saturated rings. The summed E-state index contributed by atoms with van der Waals surface area (Å²) in [4.78, 5) is 1.32. The summed E-state index contributed by atoms with van der Waals surface area (Å²) in [6, 6.07) is 10.4. The Kier molecular flexibility index (Phi) is 4.31. The quantitative estimate of drug-likeness (QED) is 0.647. The Morgan fingerprint density at radius 2 is 1.56 bits per heavy atom. The van der Waals surface area contributed by atoms with E-state index < -0.39 is 0 Å². The van der Waals surface area contributed by atoms with Gasteiger partial charge in [0.1, 0.15) is 0 Å². The van der Waals surface area contributed by atoms with E-state index in [-0.39, 0.29) is 0 Å². The van der Waals surface area contributed by atoms with Gasteiger partial charge in [-0.05, 0) is 27.9 Å². The third-order valence-corrected chi connectivity index (χ3v) is 7.31. The molecule has 0 bridgehead atoms. The second-order valence-electron chi connectivity index (χ2n) is 3.57. The largest absolute Gasteiger partial charge is 0.0884 e. The van der Waals surface area contributed by atoms with Gasteiger partial charge in [0.05, 0.1) is 8.47 Å². The molecule has 1 aromatic rings. The highest BCUT2D eigenvalue weighted by molar-refractivity contribution is 8.33. The van der Waals surface area contributed by atoms with Crippen molar-refractivity contribution in [1.82, 2.24) is 0 Å². The number of hydrogen-bond donors (Lipinski definition) is 0. The fourth-order valence-electron chi connectivity index (χ4n) is 1.48. The summed E-state index contributed by atoms with van der Waals surface area (Å²) in [5, 5.41) is 6.52. The molecule has 2 aliphatic rings. The first-order valence-corrected chi connectivity index (χ1v) is 8.88. The maximum Gasteiger partial charge on any atom is 0.0700 e. The summed E-state index contributed by atoms with van der Waals surface area (Å²) in [6.45, 7) is 0. The van der Waals surface area contributed by atoms with E-state index in [9.17, 15) is 0 Å². The molecule has 0 saturated carbocycles. The molecule has 0 amide bonds. The van der Waals surface area contributed by atoms with E-state index in [4.69, 9.17) is 0 Å². The van der Waals surface area contributed by atoms with Crippen LogP contribution in [0.1, 0.15) is 5.56 Å². The van der Waals surface area contributed by atoms with E-state index in [0.29, 0.717) is 0 Å². The van der Waals surface area contributed by atoms with Crippen molar-refractivity contribution in [2.24, 2.45) is 0 Å². The van der Waals surface area contributed by atoms with Gasteiger partial charge in [-0.3, -0.25) is 0 Å². The molecule has 90 valence electrons. The summed E-state index contributed by atoms with van der Waals surface area (Å²) in [7, 11) is 0. The van der Waals surface area contributed by atoms with Gasteiger partial charge in [-0.25, -0.2) is 0 Å². The second-order valence-corrected chi connectivity index (χ2v) is 7.88. The Morgan fingerprint density at radius 1 is 0.778 bits per heavy atom.